The summed E-state index contributed by atoms with van der Waals surface area (Å²) in [6, 6.07) is 14.0. The second-order valence-electron chi connectivity index (χ2n) is 6.03. The normalized spacial score (nSPS) is 12.7. The van der Waals surface area contributed by atoms with Crippen LogP contribution in [-0.2, 0) is 6.54 Å². The fourth-order valence-electron chi connectivity index (χ4n) is 2.75. The van der Waals surface area contributed by atoms with Gasteiger partial charge in [0.1, 0.15) is 0 Å². The molecule has 0 amide bonds. The molecular formula is C21H18F3NS. The van der Waals surface area contributed by atoms with E-state index >= 15 is 0 Å². The Hall–Kier alpha value is -2.40. The fourth-order valence-corrected chi connectivity index (χ4v) is 3.50. The summed E-state index contributed by atoms with van der Waals surface area (Å²) in [5.41, 5.74) is 0.958. The third-order valence-electron chi connectivity index (χ3n) is 4.20. The van der Waals surface area contributed by atoms with Crippen LogP contribution in [0.3, 0.4) is 0 Å². The molecule has 26 heavy (non-hydrogen) atoms. The molecule has 0 bridgehead atoms. The molecule has 0 saturated heterocycles. The van der Waals surface area contributed by atoms with Gasteiger partial charge in [0.2, 0.25) is 0 Å². The predicted molar refractivity (Wildman–Crippen MR) is 103 cm³/mol. The van der Waals surface area contributed by atoms with Crippen molar-refractivity contribution >= 4 is 35.7 Å². The van der Waals surface area contributed by atoms with Gasteiger partial charge in [-0.2, -0.15) is 8.78 Å². The third-order valence-corrected chi connectivity index (χ3v) is 5.16. The van der Waals surface area contributed by atoms with Gasteiger partial charge in [-0.3, -0.25) is 0 Å². The molecule has 0 atom stereocenters. The number of aryl methyl sites for hydroxylation is 1. The highest BCUT2D eigenvalue weighted by Crippen LogP contribution is 2.41. The summed E-state index contributed by atoms with van der Waals surface area (Å²) in [4.78, 5) is 0.312. The Kier molecular flexibility index (Phi) is 5.01. The maximum Gasteiger partial charge on any atom is 0.348 e. The van der Waals surface area contributed by atoms with E-state index in [4.69, 9.17) is 0 Å². The second-order valence-corrected chi connectivity index (χ2v) is 7.22. The van der Waals surface area contributed by atoms with Crippen molar-refractivity contribution in [3.8, 4) is 0 Å². The number of thioether (sulfide) groups is 1. The summed E-state index contributed by atoms with van der Waals surface area (Å²) in [5, 5.41) is -0.614. The molecule has 3 rings (SSSR count). The van der Waals surface area contributed by atoms with E-state index in [2.05, 4.69) is 13.2 Å². The summed E-state index contributed by atoms with van der Waals surface area (Å²) in [5.74, 6) is -1.47. The van der Waals surface area contributed by atoms with Crippen molar-refractivity contribution in [2.24, 2.45) is 0 Å². The molecule has 0 aliphatic rings. The van der Waals surface area contributed by atoms with Crippen LogP contribution in [-0.4, -0.2) is 9.82 Å². The van der Waals surface area contributed by atoms with E-state index in [0.29, 0.717) is 15.6 Å². The number of rotatable bonds is 5. The molecule has 1 aromatic heterocycles. The number of halogens is 3. The Morgan fingerprint density at radius 3 is 2.12 bits per heavy atom. The molecule has 0 fully saturated rings. The van der Waals surface area contributed by atoms with Crippen LogP contribution in [0, 0.1) is 6.92 Å². The first-order valence-corrected chi connectivity index (χ1v) is 8.86. The lowest BCUT2D eigenvalue weighted by Gasteiger charge is -2.14. The number of alkyl halides is 2. The van der Waals surface area contributed by atoms with Gasteiger partial charge in [-0.05, 0) is 36.9 Å². The van der Waals surface area contributed by atoms with Gasteiger partial charge in [0, 0.05) is 32.9 Å². The summed E-state index contributed by atoms with van der Waals surface area (Å²) >= 11 is 0.194. The zero-order valence-electron chi connectivity index (χ0n) is 14.3. The molecule has 0 radical (unpaired) electrons. The minimum absolute atomic E-state index is 0.0533. The molecule has 0 N–H and O–H groups in total. The summed E-state index contributed by atoms with van der Waals surface area (Å²) < 4.78 is 44.2. The van der Waals surface area contributed by atoms with Crippen molar-refractivity contribution in [1.82, 2.24) is 4.57 Å². The van der Waals surface area contributed by atoms with Crippen molar-refractivity contribution in [2.45, 2.75) is 23.6 Å². The molecule has 1 nitrogen and oxygen atoms in total. The molecule has 0 spiro atoms. The monoisotopic (exact) mass is 373 g/mol. The van der Waals surface area contributed by atoms with E-state index in [1.54, 1.807) is 28.8 Å². The van der Waals surface area contributed by atoms with E-state index in [9.17, 15) is 13.2 Å². The average Bonchev–Trinajstić information content (AvgIpc) is 2.86. The third kappa shape index (κ3) is 3.58. The topological polar surface area (TPSA) is 4.93 Å². The Morgan fingerprint density at radius 2 is 1.58 bits per heavy atom. The van der Waals surface area contributed by atoms with Gasteiger partial charge in [0.05, 0.1) is 0 Å². The summed E-state index contributed by atoms with van der Waals surface area (Å²) in [6.07, 6.45) is 0.892. The zero-order chi connectivity index (χ0) is 18.9. The predicted octanol–water partition coefficient (Wildman–Crippen LogP) is 5.01. The number of allylic oxidation sites excluding steroid dienone is 1. The standard InChI is InChI=1S/C21H18F3NS/c1-14-8-10-17(11-9-14)26-21(23,24)20(22)12-13-25-15(2)18-6-4-5-7-19(18)16(25)3/h4-12H,2-3,13H2,1H3/b20-12-. The maximum atomic E-state index is 14.2. The first-order valence-electron chi connectivity index (χ1n) is 8.04. The molecule has 0 aliphatic heterocycles. The van der Waals surface area contributed by atoms with Crippen LogP contribution < -0.4 is 10.7 Å². The second kappa shape index (κ2) is 7.08. The van der Waals surface area contributed by atoms with Gasteiger partial charge >= 0.3 is 5.25 Å². The van der Waals surface area contributed by atoms with Crippen molar-refractivity contribution in [2.75, 3.05) is 0 Å². The number of hydrogen-bond acceptors (Lipinski definition) is 1. The van der Waals surface area contributed by atoms with Crippen molar-refractivity contribution in [3.63, 3.8) is 0 Å². The first-order chi connectivity index (χ1) is 12.3. The number of nitrogens with zero attached hydrogens (tertiary/aromatic N) is 1. The molecule has 0 saturated carbocycles. The van der Waals surface area contributed by atoms with Crippen LogP contribution in [0.1, 0.15) is 5.56 Å². The van der Waals surface area contributed by atoms with Gasteiger partial charge in [-0.25, -0.2) is 4.39 Å². The highest BCUT2D eigenvalue weighted by atomic mass is 32.2. The Labute approximate surface area is 154 Å². The highest BCUT2D eigenvalue weighted by Gasteiger charge is 2.36. The number of benzene rings is 2. The van der Waals surface area contributed by atoms with Gasteiger partial charge in [-0.15, -0.1) is 0 Å². The number of hydrogen-bond donors (Lipinski definition) is 0. The van der Waals surface area contributed by atoms with Crippen LogP contribution in [0.5, 0.6) is 0 Å². The molecule has 3 aromatic rings. The summed E-state index contributed by atoms with van der Waals surface area (Å²) in [7, 11) is 0. The van der Waals surface area contributed by atoms with Crippen LogP contribution in [0.4, 0.5) is 13.2 Å². The van der Waals surface area contributed by atoms with Gasteiger partial charge < -0.3 is 4.57 Å². The maximum absolute atomic E-state index is 14.2. The van der Waals surface area contributed by atoms with Gasteiger partial charge in [0.15, 0.2) is 5.83 Å². The van der Waals surface area contributed by atoms with Gasteiger partial charge in [0.25, 0.3) is 0 Å². The van der Waals surface area contributed by atoms with E-state index < -0.39 is 11.1 Å². The SMILES string of the molecule is C=c1c2ccccc2c(=C)n1C/C=C(\F)C(F)(F)Sc1ccc(C)cc1. The Balaban J connectivity index is 1.85. The van der Waals surface area contributed by atoms with Crippen LogP contribution >= 0.6 is 11.8 Å². The van der Waals surface area contributed by atoms with Crippen LogP contribution in [0.2, 0.25) is 0 Å². The molecule has 0 aliphatic carbocycles. The quantitative estimate of drug-likeness (QED) is 0.569. The molecular weight excluding hydrogens is 355 g/mol. The molecule has 1 heterocycles. The minimum Gasteiger partial charge on any atom is -0.337 e. The van der Waals surface area contributed by atoms with Crippen molar-refractivity contribution in [3.05, 3.63) is 76.7 Å². The lowest BCUT2D eigenvalue weighted by molar-refractivity contribution is 0.118. The lowest BCUT2D eigenvalue weighted by Crippen LogP contribution is -2.25. The number of fused-ring (bicyclic) bond motifs is 1. The molecule has 5 heteroatoms. The van der Waals surface area contributed by atoms with E-state index in [1.807, 2.05) is 31.2 Å². The van der Waals surface area contributed by atoms with Crippen LogP contribution in [0.15, 0.2) is 65.3 Å². The van der Waals surface area contributed by atoms with Crippen LogP contribution in [0.25, 0.3) is 23.9 Å². The highest BCUT2D eigenvalue weighted by molar-refractivity contribution is 8.00. The molecule has 2 aromatic carbocycles. The summed E-state index contributed by atoms with van der Waals surface area (Å²) in [6.45, 7) is 9.74. The first kappa shape index (κ1) is 18.4. The fraction of sp³-hybridized carbons (Fsp3) is 0.143. The minimum atomic E-state index is -3.63. The zero-order valence-corrected chi connectivity index (χ0v) is 15.1. The number of aromatic nitrogens is 1. The van der Waals surface area contributed by atoms with E-state index in [0.717, 1.165) is 22.4 Å². The molecule has 0 unspecified atom stereocenters. The van der Waals surface area contributed by atoms with Crippen molar-refractivity contribution < 1.29 is 13.2 Å². The Morgan fingerprint density at radius 1 is 1.04 bits per heavy atom. The van der Waals surface area contributed by atoms with E-state index in [1.165, 1.54) is 0 Å². The van der Waals surface area contributed by atoms with Crippen molar-refractivity contribution in [1.29, 1.82) is 0 Å². The lowest BCUT2D eigenvalue weighted by atomic mass is 10.2. The average molecular weight is 373 g/mol. The smallest absolute Gasteiger partial charge is 0.337 e. The van der Waals surface area contributed by atoms with Gasteiger partial charge in [-0.1, -0.05) is 55.1 Å². The van der Waals surface area contributed by atoms with E-state index in [-0.39, 0.29) is 18.3 Å². The Bertz CT molecular complexity index is 1020. The molecule has 134 valence electrons. The largest absolute Gasteiger partial charge is 0.348 e.